The Hall–Kier alpha value is -1.89. The van der Waals surface area contributed by atoms with Crippen molar-refractivity contribution in [2.24, 2.45) is 0 Å². The average Bonchev–Trinajstić information content (AvgIpc) is 3.14. The molecule has 1 aromatic rings. The Labute approximate surface area is 99.5 Å². The highest BCUT2D eigenvalue weighted by molar-refractivity contribution is 5.94. The summed E-state index contributed by atoms with van der Waals surface area (Å²) >= 11 is 0. The molecule has 0 bridgehead atoms. The van der Waals surface area contributed by atoms with Crippen LogP contribution in [0.1, 0.15) is 29.6 Å². The van der Waals surface area contributed by atoms with Crippen LogP contribution in [-0.4, -0.2) is 23.4 Å². The van der Waals surface area contributed by atoms with E-state index in [9.17, 15) is 9.18 Å². The summed E-state index contributed by atoms with van der Waals surface area (Å²) in [5.41, 5.74) is 0.483. The molecule has 4 heteroatoms. The summed E-state index contributed by atoms with van der Waals surface area (Å²) in [6.07, 6.45) is 2.33. The highest BCUT2D eigenvalue weighted by Gasteiger charge is 2.32. The number of nitrogens with zero attached hydrogens (tertiary/aromatic N) is 2. The molecule has 0 radical (unpaired) electrons. The maximum Gasteiger partial charge on any atom is 0.254 e. The summed E-state index contributed by atoms with van der Waals surface area (Å²) in [5, 5.41) is 8.57. The quantitative estimate of drug-likeness (QED) is 0.799. The Morgan fingerprint density at radius 3 is 2.59 bits per heavy atom. The van der Waals surface area contributed by atoms with Gasteiger partial charge in [-0.15, -0.1) is 0 Å². The van der Waals surface area contributed by atoms with Gasteiger partial charge in [-0.3, -0.25) is 4.79 Å². The fraction of sp³-hybridized carbons (Fsp3) is 0.385. The first-order valence-corrected chi connectivity index (χ1v) is 5.66. The van der Waals surface area contributed by atoms with Gasteiger partial charge in [0.2, 0.25) is 0 Å². The molecule has 1 aliphatic rings. The minimum absolute atomic E-state index is 0.109. The first-order chi connectivity index (χ1) is 8.22. The Balaban J connectivity index is 2.10. The van der Waals surface area contributed by atoms with E-state index in [4.69, 9.17) is 5.26 Å². The van der Waals surface area contributed by atoms with E-state index < -0.39 is 0 Å². The Bertz CT molecular complexity index is 445. The third-order valence-electron chi connectivity index (χ3n) is 2.80. The summed E-state index contributed by atoms with van der Waals surface area (Å²) < 4.78 is 12.8. The van der Waals surface area contributed by atoms with Crippen LogP contribution in [0.15, 0.2) is 24.3 Å². The highest BCUT2D eigenvalue weighted by atomic mass is 19.1. The van der Waals surface area contributed by atoms with Crippen LogP contribution in [0.25, 0.3) is 0 Å². The van der Waals surface area contributed by atoms with E-state index in [1.807, 2.05) is 6.07 Å². The van der Waals surface area contributed by atoms with Crippen LogP contribution < -0.4 is 0 Å². The van der Waals surface area contributed by atoms with Gasteiger partial charge < -0.3 is 4.90 Å². The standard InChI is InChI=1S/C13H13FN2O/c14-11-4-2-10(3-5-11)13(17)16(9-1-8-15)12-6-7-12/h2-5,12H,1,6-7,9H2. The largest absolute Gasteiger partial charge is 0.335 e. The molecule has 0 unspecified atom stereocenters. The number of hydrogen-bond donors (Lipinski definition) is 0. The van der Waals surface area contributed by atoms with Crippen LogP contribution in [-0.2, 0) is 0 Å². The third kappa shape index (κ3) is 2.82. The molecule has 0 spiro atoms. The molecule has 0 N–H and O–H groups in total. The summed E-state index contributed by atoms with van der Waals surface area (Å²) in [5.74, 6) is -0.459. The van der Waals surface area contributed by atoms with Gasteiger partial charge in [0.05, 0.1) is 12.5 Å². The van der Waals surface area contributed by atoms with Gasteiger partial charge in [-0.1, -0.05) is 0 Å². The van der Waals surface area contributed by atoms with Crippen molar-refractivity contribution < 1.29 is 9.18 Å². The smallest absolute Gasteiger partial charge is 0.254 e. The summed E-state index contributed by atoms with van der Waals surface area (Å²) in [4.78, 5) is 13.9. The molecule has 1 aliphatic carbocycles. The molecule has 3 nitrogen and oxygen atoms in total. The van der Waals surface area contributed by atoms with Crippen molar-refractivity contribution in [1.29, 1.82) is 5.26 Å². The molecule has 1 saturated carbocycles. The highest BCUT2D eigenvalue weighted by Crippen LogP contribution is 2.28. The van der Waals surface area contributed by atoms with Crippen LogP contribution in [0.2, 0.25) is 0 Å². The van der Waals surface area contributed by atoms with E-state index in [1.165, 1.54) is 24.3 Å². The van der Waals surface area contributed by atoms with Gasteiger partial charge in [-0.25, -0.2) is 4.39 Å². The summed E-state index contributed by atoms with van der Waals surface area (Å²) in [6.45, 7) is 0.456. The number of benzene rings is 1. The van der Waals surface area contributed by atoms with E-state index in [0.29, 0.717) is 18.5 Å². The van der Waals surface area contributed by atoms with E-state index in [2.05, 4.69) is 0 Å². The second kappa shape index (κ2) is 4.96. The van der Waals surface area contributed by atoms with Crippen molar-refractivity contribution >= 4 is 5.91 Å². The molecule has 17 heavy (non-hydrogen) atoms. The number of hydrogen-bond acceptors (Lipinski definition) is 2. The van der Waals surface area contributed by atoms with Crippen LogP contribution in [0.5, 0.6) is 0 Å². The van der Waals surface area contributed by atoms with Crippen molar-refractivity contribution in [2.75, 3.05) is 6.54 Å². The van der Waals surface area contributed by atoms with E-state index in [0.717, 1.165) is 12.8 Å². The van der Waals surface area contributed by atoms with Crippen molar-refractivity contribution in [1.82, 2.24) is 4.90 Å². The number of rotatable bonds is 4. The molecular formula is C13H13FN2O. The van der Waals surface area contributed by atoms with Gasteiger partial charge in [0.1, 0.15) is 5.82 Å². The van der Waals surface area contributed by atoms with Gasteiger partial charge in [-0.05, 0) is 37.1 Å². The maximum atomic E-state index is 12.8. The lowest BCUT2D eigenvalue weighted by Crippen LogP contribution is -2.33. The van der Waals surface area contributed by atoms with Crippen molar-refractivity contribution in [2.45, 2.75) is 25.3 Å². The molecule has 88 valence electrons. The van der Waals surface area contributed by atoms with Gasteiger partial charge in [0.15, 0.2) is 0 Å². The lowest BCUT2D eigenvalue weighted by Gasteiger charge is -2.21. The Kier molecular flexibility index (Phi) is 3.38. The van der Waals surface area contributed by atoms with Crippen LogP contribution in [0, 0.1) is 17.1 Å². The average molecular weight is 232 g/mol. The lowest BCUT2D eigenvalue weighted by molar-refractivity contribution is 0.0747. The van der Waals surface area contributed by atoms with Crippen molar-refractivity contribution in [3.63, 3.8) is 0 Å². The predicted octanol–water partition coefficient (Wildman–Crippen LogP) is 2.34. The zero-order valence-corrected chi connectivity index (χ0v) is 9.40. The first-order valence-electron chi connectivity index (χ1n) is 5.66. The van der Waals surface area contributed by atoms with Gasteiger partial charge in [0, 0.05) is 18.2 Å². The summed E-state index contributed by atoms with van der Waals surface area (Å²) in [7, 11) is 0. The normalized spacial score (nSPS) is 14.1. The number of nitriles is 1. The van der Waals surface area contributed by atoms with E-state index in [-0.39, 0.29) is 17.8 Å². The molecular weight excluding hydrogens is 219 g/mol. The number of amides is 1. The molecule has 0 saturated heterocycles. The minimum atomic E-state index is -0.350. The molecule has 0 aromatic heterocycles. The molecule has 0 aliphatic heterocycles. The molecule has 2 rings (SSSR count). The molecule has 1 fully saturated rings. The van der Waals surface area contributed by atoms with Crippen molar-refractivity contribution in [3.05, 3.63) is 35.6 Å². The van der Waals surface area contributed by atoms with Gasteiger partial charge >= 0.3 is 0 Å². The number of carbonyl (C=O) groups is 1. The monoisotopic (exact) mass is 232 g/mol. The lowest BCUT2D eigenvalue weighted by atomic mass is 10.2. The SMILES string of the molecule is N#CCCN(C(=O)c1ccc(F)cc1)C1CC1. The molecule has 0 atom stereocenters. The number of halogens is 1. The van der Waals surface area contributed by atoms with Gasteiger partial charge in [-0.2, -0.15) is 5.26 Å². The van der Waals surface area contributed by atoms with E-state index in [1.54, 1.807) is 4.90 Å². The molecule has 0 heterocycles. The Morgan fingerprint density at radius 2 is 2.06 bits per heavy atom. The second-order valence-electron chi connectivity index (χ2n) is 4.14. The first kappa shape index (κ1) is 11.6. The second-order valence-corrected chi connectivity index (χ2v) is 4.14. The topological polar surface area (TPSA) is 44.1 Å². The Morgan fingerprint density at radius 1 is 1.41 bits per heavy atom. The maximum absolute atomic E-state index is 12.8. The van der Waals surface area contributed by atoms with Crippen LogP contribution >= 0.6 is 0 Å². The zero-order chi connectivity index (χ0) is 12.3. The van der Waals surface area contributed by atoms with Crippen LogP contribution in [0.3, 0.4) is 0 Å². The zero-order valence-electron chi connectivity index (χ0n) is 9.40. The van der Waals surface area contributed by atoms with Crippen molar-refractivity contribution in [3.8, 4) is 6.07 Å². The van der Waals surface area contributed by atoms with Gasteiger partial charge in [0.25, 0.3) is 5.91 Å². The minimum Gasteiger partial charge on any atom is -0.335 e. The third-order valence-corrected chi connectivity index (χ3v) is 2.80. The molecule has 1 aromatic carbocycles. The fourth-order valence-corrected chi connectivity index (χ4v) is 1.76. The predicted molar refractivity (Wildman–Crippen MR) is 60.7 cm³/mol. The fourth-order valence-electron chi connectivity index (χ4n) is 1.76. The molecule has 1 amide bonds. The van der Waals surface area contributed by atoms with E-state index >= 15 is 0 Å². The summed E-state index contributed by atoms with van der Waals surface area (Å²) in [6, 6.07) is 7.84. The van der Waals surface area contributed by atoms with Crippen LogP contribution in [0.4, 0.5) is 4.39 Å². The number of carbonyl (C=O) groups excluding carboxylic acids is 1.